The van der Waals surface area contributed by atoms with Gasteiger partial charge in [0.1, 0.15) is 5.76 Å². The maximum absolute atomic E-state index is 9.61. The molecule has 0 amide bonds. The smallest absolute Gasteiger partial charge is 0.187 e. The van der Waals surface area contributed by atoms with Crippen molar-refractivity contribution in [1.82, 2.24) is 0 Å². The number of ether oxygens (including phenoxy) is 1. The molecular weight excluding hydrogens is 196 g/mol. The Labute approximate surface area is 88.8 Å². The van der Waals surface area contributed by atoms with Crippen LogP contribution in [0, 0.1) is 0 Å². The normalized spacial score (nSPS) is 11.1. The summed E-state index contributed by atoms with van der Waals surface area (Å²) in [5.74, 6) is 0.129. The lowest BCUT2D eigenvalue weighted by atomic mass is 10.2. The van der Waals surface area contributed by atoms with Crippen molar-refractivity contribution in [3.8, 4) is 0 Å². The number of hydrogen-bond acceptors (Lipinski definition) is 3. The molecule has 0 aliphatic carbocycles. The van der Waals surface area contributed by atoms with Crippen LogP contribution in [-0.2, 0) is 4.74 Å². The molecule has 0 heterocycles. The lowest BCUT2D eigenvalue weighted by Gasteiger charge is -2.01. The molecule has 0 saturated heterocycles. The van der Waals surface area contributed by atoms with E-state index in [-0.39, 0.29) is 5.76 Å². The Hall–Kier alpha value is -1.35. The van der Waals surface area contributed by atoms with Gasteiger partial charge in [-0.15, -0.1) is 0 Å². The molecule has 0 unspecified atom stereocenters. The van der Waals surface area contributed by atoms with E-state index in [1.54, 1.807) is 12.1 Å². The molecule has 3 heteroatoms. The number of rotatable bonds is 3. The highest BCUT2D eigenvalue weighted by Gasteiger charge is 1.99. The van der Waals surface area contributed by atoms with Gasteiger partial charge in [0.25, 0.3) is 0 Å². The van der Waals surface area contributed by atoms with E-state index in [2.05, 4.69) is 0 Å². The first kappa shape index (κ1) is 10.7. The minimum Gasteiger partial charge on any atom is -0.507 e. The summed E-state index contributed by atoms with van der Waals surface area (Å²) in [6.45, 7) is 2.36. The van der Waals surface area contributed by atoms with Crippen molar-refractivity contribution in [3.05, 3.63) is 42.0 Å². The molecule has 74 valence electrons. The summed E-state index contributed by atoms with van der Waals surface area (Å²) in [5, 5.41) is 9.91. The maximum atomic E-state index is 9.61. The summed E-state index contributed by atoms with van der Waals surface area (Å²) < 4.78 is 5.03. The maximum Gasteiger partial charge on any atom is 0.187 e. The van der Waals surface area contributed by atoms with E-state index in [0.717, 1.165) is 5.56 Å². The SMILES string of the molecule is CCOC(=S)/C=C(\O)c1ccccc1. The first-order valence-electron chi connectivity index (χ1n) is 4.37. The van der Waals surface area contributed by atoms with E-state index < -0.39 is 0 Å². The van der Waals surface area contributed by atoms with Gasteiger partial charge in [0.2, 0.25) is 0 Å². The lowest BCUT2D eigenvalue weighted by Crippen LogP contribution is -1.98. The fraction of sp³-hybridized carbons (Fsp3) is 0.182. The number of aliphatic hydroxyl groups excluding tert-OH is 1. The third kappa shape index (κ3) is 3.18. The summed E-state index contributed by atoms with van der Waals surface area (Å²) in [5.41, 5.74) is 0.731. The topological polar surface area (TPSA) is 29.5 Å². The molecule has 1 aromatic rings. The Bertz CT molecular complexity index is 330. The van der Waals surface area contributed by atoms with Crippen LogP contribution in [0.1, 0.15) is 12.5 Å². The van der Waals surface area contributed by atoms with Gasteiger partial charge in [0.15, 0.2) is 5.05 Å². The molecule has 1 N–H and O–H groups in total. The highest BCUT2D eigenvalue weighted by molar-refractivity contribution is 7.80. The van der Waals surface area contributed by atoms with Crippen molar-refractivity contribution in [2.24, 2.45) is 0 Å². The Morgan fingerprint density at radius 2 is 2.07 bits per heavy atom. The van der Waals surface area contributed by atoms with Crippen molar-refractivity contribution in [2.75, 3.05) is 6.61 Å². The van der Waals surface area contributed by atoms with Gasteiger partial charge in [-0.2, -0.15) is 0 Å². The molecule has 14 heavy (non-hydrogen) atoms. The fourth-order valence-electron chi connectivity index (χ4n) is 0.988. The van der Waals surface area contributed by atoms with Crippen LogP contribution in [0.15, 0.2) is 36.4 Å². The monoisotopic (exact) mass is 208 g/mol. The van der Waals surface area contributed by atoms with Gasteiger partial charge < -0.3 is 9.84 Å². The van der Waals surface area contributed by atoms with Crippen molar-refractivity contribution >= 4 is 23.0 Å². The molecule has 0 aliphatic heterocycles. The van der Waals surface area contributed by atoms with Crippen LogP contribution in [0.3, 0.4) is 0 Å². The van der Waals surface area contributed by atoms with Gasteiger partial charge >= 0.3 is 0 Å². The molecule has 0 saturated carbocycles. The average molecular weight is 208 g/mol. The standard InChI is InChI=1S/C11H12O2S/c1-2-13-11(14)8-10(12)9-6-4-3-5-7-9/h3-8,12H,2H2,1H3/b10-8-. The van der Waals surface area contributed by atoms with E-state index >= 15 is 0 Å². The first-order valence-corrected chi connectivity index (χ1v) is 4.77. The van der Waals surface area contributed by atoms with Crippen molar-refractivity contribution in [3.63, 3.8) is 0 Å². The van der Waals surface area contributed by atoms with Crippen molar-refractivity contribution in [2.45, 2.75) is 6.92 Å². The summed E-state index contributed by atoms with van der Waals surface area (Å²) in [7, 11) is 0. The number of hydrogen-bond donors (Lipinski definition) is 1. The zero-order valence-electron chi connectivity index (χ0n) is 7.93. The van der Waals surface area contributed by atoms with Crippen LogP contribution in [0.2, 0.25) is 0 Å². The van der Waals surface area contributed by atoms with E-state index in [0.29, 0.717) is 11.7 Å². The molecule has 0 aliphatic rings. The molecule has 0 aromatic heterocycles. The summed E-state index contributed by atoms with van der Waals surface area (Å²) in [6, 6.07) is 9.20. The number of thiocarbonyl (C=S) groups is 1. The van der Waals surface area contributed by atoms with Crippen LogP contribution in [-0.4, -0.2) is 16.8 Å². The predicted molar refractivity (Wildman–Crippen MR) is 61.3 cm³/mol. The fourth-order valence-corrected chi connectivity index (χ4v) is 1.22. The lowest BCUT2D eigenvalue weighted by molar-refractivity contribution is 0.338. The highest BCUT2D eigenvalue weighted by Crippen LogP contribution is 2.10. The summed E-state index contributed by atoms with van der Waals surface area (Å²) >= 11 is 4.87. The van der Waals surface area contributed by atoms with Gasteiger partial charge in [-0.05, 0) is 19.1 Å². The quantitative estimate of drug-likeness (QED) is 0.470. The van der Waals surface area contributed by atoms with E-state index in [1.165, 1.54) is 6.08 Å². The van der Waals surface area contributed by atoms with E-state index in [9.17, 15) is 5.11 Å². The van der Waals surface area contributed by atoms with E-state index in [1.807, 2.05) is 25.1 Å². The zero-order chi connectivity index (χ0) is 10.4. The van der Waals surface area contributed by atoms with Crippen LogP contribution in [0.4, 0.5) is 0 Å². The van der Waals surface area contributed by atoms with Crippen LogP contribution in [0.25, 0.3) is 5.76 Å². The Morgan fingerprint density at radius 1 is 1.43 bits per heavy atom. The van der Waals surface area contributed by atoms with Gasteiger partial charge in [-0.3, -0.25) is 0 Å². The second-order valence-corrected chi connectivity index (χ2v) is 3.05. The van der Waals surface area contributed by atoms with Crippen LogP contribution < -0.4 is 0 Å². The average Bonchev–Trinajstić information content (AvgIpc) is 2.19. The Morgan fingerprint density at radius 3 is 2.64 bits per heavy atom. The third-order valence-electron chi connectivity index (χ3n) is 1.61. The Kier molecular flexibility index (Phi) is 4.13. The molecule has 0 atom stereocenters. The molecule has 0 bridgehead atoms. The third-order valence-corrected chi connectivity index (χ3v) is 1.85. The molecule has 1 aromatic carbocycles. The molecular formula is C11H12O2S. The minimum absolute atomic E-state index is 0.129. The number of aliphatic hydroxyl groups is 1. The summed E-state index contributed by atoms with van der Waals surface area (Å²) in [6.07, 6.45) is 1.44. The van der Waals surface area contributed by atoms with E-state index in [4.69, 9.17) is 17.0 Å². The van der Waals surface area contributed by atoms with Crippen molar-refractivity contribution in [1.29, 1.82) is 0 Å². The first-order chi connectivity index (χ1) is 6.74. The van der Waals surface area contributed by atoms with Gasteiger partial charge in [0, 0.05) is 11.6 Å². The predicted octanol–water partition coefficient (Wildman–Crippen LogP) is 2.95. The molecule has 0 radical (unpaired) electrons. The Balaban J connectivity index is 2.75. The molecule has 0 spiro atoms. The van der Waals surface area contributed by atoms with Gasteiger partial charge in [0.05, 0.1) is 6.61 Å². The summed E-state index contributed by atoms with van der Waals surface area (Å²) in [4.78, 5) is 0. The van der Waals surface area contributed by atoms with Crippen LogP contribution in [0.5, 0.6) is 0 Å². The second-order valence-electron chi connectivity index (χ2n) is 2.65. The molecule has 2 nitrogen and oxygen atoms in total. The highest BCUT2D eigenvalue weighted by atomic mass is 32.1. The number of benzene rings is 1. The molecule has 0 fully saturated rings. The zero-order valence-corrected chi connectivity index (χ0v) is 8.75. The van der Waals surface area contributed by atoms with Crippen molar-refractivity contribution < 1.29 is 9.84 Å². The largest absolute Gasteiger partial charge is 0.507 e. The molecule has 1 rings (SSSR count). The van der Waals surface area contributed by atoms with Gasteiger partial charge in [-0.25, -0.2) is 0 Å². The second kappa shape index (κ2) is 5.40. The minimum atomic E-state index is 0.129. The van der Waals surface area contributed by atoms with Crippen LogP contribution >= 0.6 is 12.2 Å². The van der Waals surface area contributed by atoms with Gasteiger partial charge in [-0.1, -0.05) is 30.3 Å².